The van der Waals surface area contributed by atoms with Crippen LogP contribution in [-0.2, 0) is 24.9 Å². The lowest BCUT2D eigenvalue weighted by Gasteiger charge is -2.36. The first-order valence-electron chi connectivity index (χ1n) is 16.5. The fraction of sp³-hybridized carbons (Fsp3) is 0.600. The topological polar surface area (TPSA) is 94.7 Å². The number of anilines is 1. The Morgan fingerprint density at radius 1 is 0.804 bits per heavy atom. The first kappa shape index (κ1) is 37.1. The van der Waals surface area contributed by atoms with Gasteiger partial charge in [-0.2, -0.15) is 0 Å². The van der Waals surface area contributed by atoms with Crippen LogP contribution in [0.15, 0.2) is 52.3 Å². The van der Waals surface area contributed by atoms with Crippen LogP contribution < -0.4 is 25.5 Å². The molecule has 11 heteroatoms. The molecule has 0 aliphatic carbocycles. The Morgan fingerprint density at radius 3 is 1.85 bits per heavy atom. The maximum absolute atomic E-state index is 12.2. The molecule has 0 bridgehead atoms. The monoisotopic (exact) mass is 656 g/mol. The Bertz CT molecular complexity index is 1460. The first-order valence-corrected chi connectivity index (χ1v) is 17.0. The summed E-state index contributed by atoms with van der Waals surface area (Å²) in [5, 5.41) is 0. The Labute approximate surface area is 279 Å². The van der Waals surface area contributed by atoms with E-state index in [0.717, 1.165) is 95.1 Å². The van der Waals surface area contributed by atoms with E-state index in [1.54, 1.807) is 33.5 Å². The van der Waals surface area contributed by atoms with Crippen LogP contribution in [0, 0.1) is 0 Å². The Morgan fingerprint density at radius 2 is 1.35 bits per heavy atom. The van der Waals surface area contributed by atoms with Crippen molar-refractivity contribution < 1.29 is 9.47 Å². The molecule has 0 unspecified atom stereocenters. The van der Waals surface area contributed by atoms with Gasteiger partial charge in [0.25, 0.3) is 11.1 Å². The second kappa shape index (κ2) is 18.7. The fourth-order valence-corrected chi connectivity index (χ4v) is 5.44. The van der Waals surface area contributed by atoms with E-state index in [1.807, 2.05) is 12.3 Å². The number of piperazine rings is 1. The molecule has 0 atom stereocenters. The van der Waals surface area contributed by atoms with Gasteiger partial charge in [-0.3, -0.25) is 14.5 Å². The van der Waals surface area contributed by atoms with Crippen molar-refractivity contribution in [3.8, 4) is 11.5 Å². The standard InChI is InChI=1S/C25H39N5O2.C10H14ClNO2/c1-6-10-20-19-22(27-24(26-20)25(2,3)4)29-17-15-28(16-18-29)12-7-8-13-30-14-9-11-21(32-5)23(30)31;1-14-9-5-4-8-12(10(9)13)7-3-2-6-11/h9,11,14,19H,6-8,10,12-13,15-18H2,1-5H3;4-5,8H,2-3,6-7H2,1H3. The lowest BCUT2D eigenvalue weighted by molar-refractivity contribution is 0.250. The molecule has 1 aliphatic heterocycles. The van der Waals surface area contributed by atoms with E-state index in [0.29, 0.717) is 23.9 Å². The van der Waals surface area contributed by atoms with Gasteiger partial charge in [-0.25, -0.2) is 9.97 Å². The molecule has 46 heavy (non-hydrogen) atoms. The van der Waals surface area contributed by atoms with Gasteiger partial charge in [0.2, 0.25) is 0 Å². The highest BCUT2D eigenvalue weighted by Gasteiger charge is 2.23. The van der Waals surface area contributed by atoms with E-state index >= 15 is 0 Å². The molecule has 0 amide bonds. The molecular weight excluding hydrogens is 604 g/mol. The predicted molar refractivity (Wildman–Crippen MR) is 187 cm³/mol. The van der Waals surface area contributed by atoms with Crippen molar-refractivity contribution in [1.82, 2.24) is 24.0 Å². The Balaban J connectivity index is 0.000000344. The van der Waals surface area contributed by atoms with Crippen LogP contribution in [0.3, 0.4) is 0 Å². The third-order valence-electron chi connectivity index (χ3n) is 7.96. The normalized spacial score (nSPS) is 13.7. The zero-order chi connectivity index (χ0) is 33.5. The quantitative estimate of drug-likeness (QED) is 0.169. The third-order valence-corrected chi connectivity index (χ3v) is 8.22. The summed E-state index contributed by atoms with van der Waals surface area (Å²) in [5.41, 5.74) is 0.971. The van der Waals surface area contributed by atoms with Crippen LogP contribution in [0.25, 0.3) is 0 Å². The zero-order valence-electron chi connectivity index (χ0n) is 28.6. The van der Waals surface area contributed by atoms with E-state index in [-0.39, 0.29) is 16.5 Å². The molecule has 1 aliphatic rings. The van der Waals surface area contributed by atoms with Gasteiger partial charge in [0.05, 0.1) is 14.2 Å². The SMILES string of the molecule is CCCc1cc(N2CCN(CCCCn3cccc(OC)c3=O)CC2)nc(C(C)(C)C)n1.COc1cccn(CCCCCl)c1=O. The van der Waals surface area contributed by atoms with Crippen LogP contribution in [0.5, 0.6) is 11.5 Å². The number of methoxy groups -OCH3 is 2. The zero-order valence-corrected chi connectivity index (χ0v) is 29.4. The fourth-order valence-electron chi connectivity index (χ4n) is 5.25. The molecule has 1 fully saturated rings. The summed E-state index contributed by atoms with van der Waals surface area (Å²) in [6.07, 6.45) is 9.58. The number of halogens is 1. The summed E-state index contributed by atoms with van der Waals surface area (Å²) in [6.45, 7) is 15.3. The van der Waals surface area contributed by atoms with Gasteiger partial charge in [0.1, 0.15) is 11.6 Å². The van der Waals surface area contributed by atoms with E-state index in [4.69, 9.17) is 31.0 Å². The average Bonchev–Trinajstić information content (AvgIpc) is 3.05. The first-order chi connectivity index (χ1) is 22.1. The van der Waals surface area contributed by atoms with Gasteiger partial charge in [0.15, 0.2) is 11.5 Å². The molecule has 0 aromatic carbocycles. The number of aryl methyl sites for hydroxylation is 3. The molecule has 254 valence electrons. The molecule has 3 aromatic rings. The van der Waals surface area contributed by atoms with Crippen LogP contribution in [-0.4, -0.2) is 76.8 Å². The molecule has 0 N–H and O–H groups in total. The van der Waals surface area contributed by atoms with Crippen molar-refractivity contribution in [2.45, 2.75) is 84.7 Å². The minimum absolute atomic E-state index is 0.0504. The summed E-state index contributed by atoms with van der Waals surface area (Å²) in [5.74, 6) is 3.45. The minimum atomic E-state index is -0.0791. The molecule has 0 saturated carbocycles. The number of ether oxygens (including phenoxy) is 2. The minimum Gasteiger partial charge on any atom is -0.491 e. The maximum atomic E-state index is 12.2. The number of rotatable bonds is 14. The second-order valence-corrected chi connectivity index (χ2v) is 13.0. The number of alkyl halides is 1. The number of pyridine rings is 2. The largest absolute Gasteiger partial charge is 0.491 e. The third kappa shape index (κ3) is 11.2. The van der Waals surface area contributed by atoms with Crippen LogP contribution in [0.2, 0.25) is 0 Å². The van der Waals surface area contributed by atoms with Gasteiger partial charge in [-0.1, -0.05) is 34.1 Å². The van der Waals surface area contributed by atoms with Crippen molar-refractivity contribution in [3.05, 3.63) is 75.0 Å². The number of aromatic nitrogens is 4. The Hall–Kier alpha value is -3.37. The van der Waals surface area contributed by atoms with E-state index < -0.39 is 0 Å². The van der Waals surface area contributed by atoms with E-state index in [9.17, 15) is 9.59 Å². The highest BCUT2D eigenvalue weighted by atomic mass is 35.5. The second-order valence-electron chi connectivity index (χ2n) is 12.6. The van der Waals surface area contributed by atoms with Gasteiger partial charge >= 0.3 is 0 Å². The summed E-state index contributed by atoms with van der Waals surface area (Å²) in [4.78, 5) is 38.5. The van der Waals surface area contributed by atoms with Crippen molar-refractivity contribution in [2.75, 3.05) is 57.7 Å². The lowest BCUT2D eigenvalue weighted by atomic mass is 9.95. The number of unbranched alkanes of at least 4 members (excludes halogenated alkanes) is 2. The molecule has 3 aromatic heterocycles. The van der Waals surface area contributed by atoms with Gasteiger partial charge in [-0.05, 0) is 62.9 Å². The summed E-state index contributed by atoms with van der Waals surface area (Å²) in [7, 11) is 3.04. The summed E-state index contributed by atoms with van der Waals surface area (Å²) in [6, 6.07) is 9.23. The summed E-state index contributed by atoms with van der Waals surface area (Å²) >= 11 is 5.55. The van der Waals surface area contributed by atoms with E-state index in [2.05, 4.69) is 43.6 Å². The molecule has 1 saturated heterocycles. The number of hydrogen-bond donors (Lipinski definition) is 0. The summed E-state index contributed by atoms with van der Waals surface area (Å²) < 4.78 is 13.4. The highest BCUT2D eigenvalue weighted by Crippen LogP contribution is 2.23. The van der Waals surface area contributed by atoms with Crippen LogP contribution in [0.1, 0.15) is 71.3 Å². The number of hydrogen-bond acceptors (Lipinski definition) is 8. The average molecular weight is 657 g/mol. The highest BCUT2D eigenvalue weighted by molar-refractivity contribution is 6.17. The van der Waals surface area contributed by atoms with Crippen LogP contribution >= 0.6 is 11.6 Å². The van der Waals surface area contributed by atoms with Crippen LogP contribution in [0.4, 0.5) is 5.82 Å². The van der Waals surface area contributed by atoms with E-state index in [1.165, 1.54) is 14.2 Å². The molecule has 4 heterocycles. The van der Waals surface area contributed by atoms with Gasteiger partial charge < -0.3 is 23.5 Å². The van der Waals surface area contributed by atoms with Crippen molar-refractivity contribution in [3.63, 3.8) is 0 Å². The van der Waals surface area contributed by atoms with Crippen molar-refractivity contribution in [2.24, 2.45) is 0 Å². The Kier molecular flexibility index (Phi) is 15.1. The maximum Gasteiger partial charge on any atom is 0.292 e. The van der Waals surface area contributed by atoms with Gasteiger partial charge in [-0.15, -0.1) is 11.6 Å². The van der Waals surface area contributed by atoms with Gasteiger partial charge in [0, 0.05) is 74.7 Å². The smallest absolute Gasteiger partial charge is 0.292 e. The number of nitrogens with zero attached hydrogens (tertiary/aromatic N) is 6. The molecule has 0 radical (unpaired) electrons. The predicted octanol–water partition coefficient (Wildman–Crippen LogP) is 5.38. The molecule has 0 spiro atoms. The molecular formula is C35H53ClN6O4. The lowest BCUT2D eigenvalue weighted by Crippen LogP contribution is -2.47. The van der Waals surface area contributed by atoms with Crippen molar-refractivity contribution in [1.29, 1.82) is 0 Å². The molecule has 10 nitrogen and oxygen atoms in total. The van der Waals surface area contributed by atoms with Crippen molar-refractivity contribution >= 4 is 17.4 Å². The molecule has 4 rings (SSSR count).